The summed E-state index contributed by atoms with van der Waals surface area (Å²) in [6.45, 7) is 4.64. The number of esters is 1. The number of ether oxygens (including phenoxy) is 1. The lowest BCUT2D eigenvalue weighted by molar-refractivity contribution is -0.136. The quantitative estimate of drug-likeness (QED) is 0.459. The third-order valence-corrected chi connectivity index (χ3v) is 2.87. The number of hydrogen-bond donors (Lipinski definition) is 2. The van der Waals surface area contributed by atoms with Crippen molar-refractivity contribution < 1.29 is 19.1 Å². The van der Waals surface area contributed by atoms with Gasteiger partial charge in [0, 0.05) is 6.54 Å². The van der Waals surface area contributed by atoms with Crippen molar-refractivity contribution in [1.29, 1.82) is 0 Å². The fraction of sp³-hybridized carbons (Fsp3) is 0.438. The monoisotopic (exact) mass is 306 g/mol. The summed E-state index contributed by atoms with van der Waals surface area (Å²) in [5.41, 5.74) is 0.496. The number of carbonyl (C=O) groups is 3. The van der Waals surface area contributed by atoms with E-state index in [9.17, 15) is 14.4 Å². The molecule has 0 fully saturated rings. The Bertz CT molecular complexity index is 529. The number of benzene rings is 1. The summed E-state index contributed by atoms with van der Waals surface area (Å²) >= 11 is 0. The SMILES string of the molecule is CCCCOC(=O)c1ccccc1NC(=O)C(=O)NCCC. The molecule has 6 heteroatoms. The zero-order chi connectivity index (χ0) is 16.4. The van der Waals surface area contributed by atoms with Gasteiger partial charge in [0.25, 0.3) is 0 Å². The highest BCUT2D eigenvalue weighted by atomic mass is 16.5. The Labute approximate surface area is 130 Å². The Morgan fingerprint density at radius 3 is 2.45 bits per heavy atom. The van der Waals surface area contributed by atoms with Gasteiger partial charge in [0.2, 0.25) is 0 Å². The number of anilines is 1. The summed E-state index contributed by atoms with van der Waals surface area (Å²) < 4.78 is 5.13. The van der Waals surface area contributed by atoms with E-state index >= 15 is 0 Å². The number of amides is 2. The first-order valence-electron chi connectivity index (χ1n) is 7.45. The number of para-hydroxylation sites is 1. The van der Waals surface area contributed by atoms with Gasteiger partial charge in [0.1, 0.15) is 0 Å². The van der Waals surface area contributed by atoms with Crippen molar-refractivity contribution in [2.75, 3.05) is 18.5 Å². The van der Waals surface area contributed by atoms with Crippen LogP contribution >= 0.6 is 0 Å². The van der Waals surface area contributed by atoms with Gasteiger partial charge in [-0.05, 0) is 25.0 Å². The van der Waals surface area contributed by atoms with Gasteiger partial charge in [-0.2, -0.15) is 0 Å². The largest absolute Gasteiger partial charge is 0.462 e. The lowest BCUT2D eigenvalue weighted by Gasteiger charge is -2.10. The van der Waals surface area contributed by atoms with Crippen LogP contribution in [0.2, 0.25) is 0 Å². The molecule has 0 radical (unpaired) electrons. The van der Waals surface area contributed by atoms with Crippen LogP contribution in [0.3, 0.4) is 0 Å². The zero-order valence-corrected chi connectivity index (χ0v) is 13.0. The van der Waals surface area contributed by atoms with Gasteiger partial charge in [-0.3, -0.25) is 9.59 Å². The van der Waals surface area contributed by atoms with Crippen LogP contribution in [-0.2, 0) is 14.3 Å². The lowest BCUT2D eigenvalue weighted by atomic mass is 10.1. The van der Waals surface area contributed by atoms with Crippen molar-refractivity contribution in [3.8, 4) is 0 Å². The fourth-order valence-electron chi connectivity index (χ4n) is 1.65. The molecular formula is C16H22N2O4. The van der Waals surface area contributed by atoms with Gasteiger partial charge in [-0.15, -0.1) is 0 Å². The topological polar surface area (TPSA) is 84.5 Å². The Morgan fingerprint density at radius 1 is 1.05 bits per heavy atom. The summed E-state index contributed by atoms with van der Waals surface area (Å²) in [6.07, 6.45) is 2.43. The van der Waals surface area contributed by atoms with Crippen molar-refractivity contribution >= 4 is 23.5 Å². The van der Waals surface area contributed by atoms with Crippen LogP contribution in [0.4, 0.5) is 5.69 Å². The van der Waals surface area contributed by atoms with Gasteiger partial charge in [-0.25, -0.2) is 4.79 Å². The minimum atomic E-state index is -0.803. The van der Waals surface area contributed by atoms with Crippen LogP contribution in [0.5, 0.6) is 0 Å². The molecule has 2 N–H and O–H groups in total. The lowest BCUT2D eigenvalue weighted by Crippen LogP contribution is -2.36. The molecule has 0 heterocycles. The molecule has 120 valence electrons. The normalized spacial score (nSPS) is 9.91. The van der Waals surface area contributed by atoms with Crippen molar-refractivity contribution in [3.05, 3.63) is 29.8 Å². The maximum absolute atomic E-state index is 12.0. The van der Waals surface area contributed by atoms with E-state index < -0.39 is 17.8 Å². The summed E-state index contributed by atoms with van der Waals surface area (Å²) in [7, 11) is 0. The van der Waals surface area contributed by atoms with E-state index in [0.29, 0.717) is 13.2 Å². The van der Waals surface area contributed by atoms with E-state index in [0.717, 1.165) is 19.3 Å². The number of rotatable bonds is 7. The molecule has 0 aliphatic carbocycles. The first-order valence-corrected chi connectivity index (χ1v) is 7.45. The van der Waals surface area contributed by atoms with E-state index in [2.05, 4.69) is 10.6 Å². The van der Waals surface area contributed by atoms with E-state index in [4.69, 9.17) is 4.74 Å². The van der Waals surface area contributed by atoms with Crippen LogP contribution in [0, 0.1) is 0 Å². The van der Waals surface area contributed by atoms with Gasteiger partial charge < -0.3 is 15.4 Å². The highest BCUT2D eigenvalue weighted by Crippen LogP contribution is 2.16. The molecule has 0 bridgehead atoms. The van der Waals surface area contributed by atoms with E-state index in [-0.39, 0.29) is 11.3 Å². The molecule has 0 aliphatic rings. The minimum Gasteiger partial charge on any atom is -0.462 e. The van der Waals surface area contributed by atoms with Crippen molar-refractivity contribution in [3.63, 3.8) is 0 Å². The fourth-order valence-corrected chi connectivity index (χ4v) is 1.65. The van der Waals surface area contributed by atoms with E-state index in [1.165, 1.54) is 0 Å². The van der Waals surface area contributed by atoms with Crippen molar-refractivity contribution in [2.45, 2.75) is 33.1 Å². The summed E-state index contributed by atoms with van der Waals surface area (Å²) in [6, 6.07) is 6.45. The van der Waals surface area contributed by atoms with E-state index in [1.54, 1.807) is 24.3 Å². The van der Waals surface area contributed by atoms with Gasteiger partial charge in [0.05, 0.1) is 17.9 Å². The molecule has 0 unspecified atom stereocenters. The predicted octanol–water partition coefficient (Wildman–Crippen LogP) is 2.11. The van der Waals surface area contributed by atoms with Gasteiger partial charge in [0.15, 0.2) is 0 Å². The summed E-state index contributed by atoms with van der Waals surface area (Å²) in [5.74, 6) is -2.04. The molecule has 1 rings (SSSR count). The summed E-state index contributed by atoms with van der Waals surface area (Å²) in [5, 5.41) is 4.91. The summed E-state index contributed by atoms with van der Waals surface area (Å²) in [4.78, 5) is 35.3. The van der Waals surface area contributed by atoms with Gasteiger partial charge in [-0.1, -0.05) is 32.4 Å². The first kappa shape index (κ1) is 17.7. The third kappa shape index (κ3) is 5.55. The predicted molar refractivity (Wildman–Crippen MR) is 83.6 cm³/mol. The van der Waals surface area contributed by atoms with Crippen LogP contribution in [0.1, 0.15) is 43.5 Å². The molecule has 0 aliphatic heterocycles. The molecule has 0 spiro atoms. The smallest absolute Gasteiger partial charge is 0.340 e. The third-order valence-electron chi connectivity index (χ3n) is 2.87. The molecule has 22 heavy (non-hydrogen) atoms. The minimum absolute atomic E-state index is 0.232. The molecule has 0 aromatic heterocycles. The van der Waals surface area contributed by atoms with Gasteiger partial charge >= 0.3 is 17.8 Å². The number of nitrogens with one attached hydrogen (secondary N) is 2. The molecule has 2 amide bonds. The Hall–Kier alpha value is -2.37. The molecular weight excluding hydrogens is 284 g/mol. The Morgan fingerprint density at radius 2 is 1.77 bits per heavy atom. The molecule has 0 saturated carbocycles. The van der Waals surface area contributed by atoms with Crippen LogP contribution < -0.4 is 10.6 Å². The standard InChI is InChI=1S/C16H22N2O4/c1-3-5-11-22-16(21)12-8-6-7-9-13(12)18-15(20)14(19)17-10-4-2/h6-9H,3-5,10-11H2,1-2H3,(H,17,19)(H,18,20). The highest BCUT2D eigenvalue weighted by molar-refractivity contribution is 6.40. The van der Waals surface area contributed by atoms with Crippen molar-refractivity contribution in [1.82, 2.24) is 5.32 Å². The zero-order valence-electron chi connectivity index (χ0n) is 13.0. The second-order valence-electron chi connectivity index (χ2n) is 4.75. The Balaban J connectivity index is 2.72. The van der Waals surface area contributed by atoms with Crippen LogP contribution in [-0.4, -0.2) is 30.9 Å². The number of unbranched alkanes of at least 4 members (excludes halogenated alkanes) is 1. The van der Waals surface area contributed by atoms with Crippen LogP contribution in [0.15, 0.2) is 24.3 Å². The Kier molecular flexibility index (Phi) is 7.67. The number of hydrogen-bond acceptors (Lipinski definition) is 4. The van der Waals surface area contributed by atoms with E-state index in [1.807, 2.05) is 13.8 Å². The maximum atomic E-state index is 12.0. The second kappa shape index (κ2) is 9.55. The first-order chi connectivity index (χ1) is 10.6. The highest BCUT2D eigenvalue weighted by Gasteiger charge is 2.18. The average Bonchev–Trinajstić information content (AvgIpc) is 2.53. The maximum Gasteiger partial charge on any atom is 0.340 e. The molecule has 1 aromatic rings. The molecule has 0 saturated heterocycles. The van der Waals surface area contributed by atoms with Crippen LogP contribution in [0.25, 0.3) is 0 Å². The number of carbonyl (C=O) groups excluding carboxylic acids is 3. The molecule has 6 nitrogen and oxygen atoms in total. The second-order valence-corrected chi connectivity index (χ2v) is 4.75. The molecule has 0 atom stereocenters. The average molecular weight is 306 g/mol. The molecule has 1 aromatic carbocycles. The van der Waals surface area contributed by atoms with Crippen molar-refractivity contribution in [2.24, 2.45) is 0 Å².